The first-order chi connectivity index (χ1) is 9.99. The molecule has 1 amide bonds. The normalized spacial score (nSPS) is 26.2. The van der Waals surface area contributed by atoms with E-state index in [1.165, 1.54) is 4.31 Å². The minimum atomic E-state index is -3.30. The minimum absolute atomic E-state index is 0. The van der Waals surface area contributed by atoms with Gasteiger partial charge in [-0.25, -0.2) is 8.42 Å². The third-order valence-corrected chi connectivity index (χ3v) is 6.49. The van der Waals surface area contributed by atoms with E-state index >= 15 is 0 Å². The maximum absolute atomic E-state index is 12.6. The molecule has 0 saturated carbocycles. The lowest BCUT2D eigenvalue weighted by Gasteiger charge is -2.27. The maximum Gasteiger partial charge on any atom is 0.241 e. The Morgan fingerprint density at radius 2 is 2.00 bits per heavy atom. The Morgan fingerprint density at radius 3 is 2.59 bits per heavy atom. The molecule has 0 bridgehead atoms. The molecule has 0 spiro atoms. The van der Waals surface area contributed by atoms with Crippen LogP contribution in [0.15, 0.2) is 0 Å². The number of nitrogens with two attached hydrogens (primary N) is 1. The highest BCUT2D eigenvalue weighted by molar-refractivity contribution is 7.89. The number of unbranched alkanes of at least 4 members (excludes halogenated alkanes) is 1. The lowest BCUT2D eigenvalue weighted by molar-refractivity contribution is -0.133. The molecule has 22 heavy (non-hydrogen) atoms. The van der Waals surface area contributed by atoms with Crippen molar-refractivity contribution in [2.75, 3.05) is 31.9 Å². The molecule has 2 heterocycles. The van der Waals surface area contributed by atoms with Crippen molar-refractivity contribution >= 4 is 28.3 Å². The van der Waals surface area contributed by atoms with Gasteiger partial charge in [0.05, 0.1) is 5.75 Å². The van der Waals surface area contributed by atoms with Crippen LogP contribution in [0, 0.1) is 5.92 Å². The van der Waals surface area contributed by atoms with Gasteiger partial charge in [-0.1, -0.05) is 13.3 Å². The van der Waals surface area contributed by atoms with Gasteiger partial charge in [-0.05, 0) is 38.1 Å². The third-order valence-electron chi connectivity index (χ3n) is 4.53. The van der Waals surface area contributed by atoms with Crippen molar-refractivity contribution in [3.05, 3.63) is 0 Å². The van der Waals surface area contributed by atoms with Gasteiger partial charge < -0.3 is 10.6 Å². The first kappa shape index (κ1) is 19.7. The van der Waals surface area contributed by atoms with Crippen molar-refractivity contribution in [3.8, 4) is 0 Å². The quantitative estimate of drug-likeness (QED) is 0.765. The van der Waals surface area contributed by atoms with Crippen molar-refractivity contribution < 1.29 is 13.2 Å². The largest absolute Gasteiger partial charge is 0.341 e. The second-order valence-electron chi connectivity index (χ2n) is 6.11. The predicted octanol–water partition coefficient (Wildman–Crippen LogP) is 0.810. The van der Waals surface area contributed by atoms with Crippen LogP contribution in [0.5, 0.6) is 0 Å². The summed E-state index contributed by atoms with van der Waals surface area (Å²) in [5.74, 6) is 0.489. The van der Waals surface area contributed by atoms with E-state index in [2.05, 4.69) is 0 Å². The zero-order chi connectivity index (χ0) is 15.5. The van der Waals surface area contributed by atoms with E-state index in [1.54, 1.807) is 4.90 Å². The molecule has 0 aromatic heterocycles. The number of halogens is 1. The lowest BCUT2D eigenvalue weighted by atomic mass is 10.1. The van der Waals surface area contributed by atoms with E-state index in [4.69, 9.17) is 5.73 Å². The highest BCUT2D eigenvalue weighted by Gasteiger charge is 2.41. The molecular weight excluding hydrogens is 326 g/mol. The Morgan fingerprint density at radius 1 is 1.27 bits per heavy atom. The molecule has 2 fully saturated rings. The summed E-state index contributed by atoms with van der Waals surface area (Å²) in [6, 6.07) is -0.483. The Bertz CT molecular complexity index is 472. The monoisotopic (exact) mass is 353 g/mol. The van der Waals surface area contributed by atoms with Gasteiger partial charge in [-0.2, -0.15) is 4.31 Å². The molecule has 2 saturated heterocycles. The SMILES string of the molecule is CCCCS(=O)(=O)N1CCCC1C(=O)N1CCC(CN)C1.Cl. The van der Waals surface area contributed by atoms with E-state index in [0.29, 0.717) is 44.9 Å². The summed E-state index contributed by atoms with van der Waals surface area (Å²) < 4.78 is 26.2. The second-order valence-corrected chi connectivity index (χ2v) is 8.15. The number of amides is 1. The fourth-order valence-corrected chi connectivity index (χ4v) is 5.08. The Hall–Kier alpha value is -0.370. The number of hydrogen-bond acceptors (Lipinski definition) is 4. The van der Waals surface area contributed by atoms with Gasteiger partial charge in [0.25, 0.3) is 0 Å². The van der Waals surface area contributed by atoms with Gasteiger partial charge in [0, 0.05) is 19.6 Å². The van der Waals surface area contributed by atoms with Gasteiger partial charge in [-0.3, -0.25) is 4.79 Å². The van der Waals surface area contributed by atoms with Crippen molar-refractivity contribution in [1.29, 1.82) is 0 Å². The average Bonchev–Trinajstić information content (AvgIpc) is 3.13. The zero-order valence-electron chi connectivity index (χ0n) is 13.2. The number of carbonyl (C=O) groups excluding carboxylic acids is 1. The van der Waals surface area contributed by atoms with Crippen LogP contribution < -0.4 is 5.73 Å². The number of sulfonamides is 1. The summed E-state index contributed by atoms with van der Waals surface area (Å²) in [7, 11) is -3.30. The van der Waals surface area contributed by atoms with E-state index in [1.807, 2.05) is 6.92 Å². The summed E-state index contributed by atoms with van der Waals surface area (Å²) in [5.41, 5.74) is 5.66. The fourth-order valence-electron chi connectivity index (χ4n) is 3.20. The molecular formula is C14H28ClN3O3S. The molecule has 130 valence electrons. The summed E-state index contributed by atoms with van der Waals surface area (Å²) in [6.45, 7) is 4.43. The molecule has 0 aromatic carbocycles. The van der Waals surface area contributed by atoms with Crippen molar-refractivity contribution in [3.63, 3.8) is 0 Å². The van der Waals surface area contributed by atoms with Crippen molar-refractivity contribution in [1.82, 2.24) is 9.21 Å². The molecule has 8 heteroatoms. The molecule has 2 rings (SSSR count). The Balaban J connectivity index is 0.00000242. The number of nitrogens with zero attached hydrogens (tertiary/aromatic N) is 2. The Kier molecular flexibility index (Phi) is 7.58. The summed E-state index contributed by atoms with van der Waals surface area (Å²) in [5, 5.41) is 0. The number of carbonyl (C=O) groups is 1. The zero-order valence-corrected chi connectivity index (χ0v) is 14.9. The van der Waals surface area contributed by atoms with E-state index in [9.17, 15) is 13.2 Å². The summed E-state index contributed by atoms with van der Waals surface area (Å²) in [6.07, 6.45) is 3.84. The topological polar surface area (TPSA) is 83.7 Å². The van der Waals surface area contributed by atoms with Gasteiger partial charge in [-0.15, -0.1) is 12.4 Å². The second kappa shape index (κ2) is 8.47. The summed E-state index contributed by atoms with van der Waals surface area (Å²) in [4.78, 5) is 14.4. The molecule has 0 radical (unpaired) electrons. The van der Waals surface area contributed by atoms with Crippen molar-refractivity contribution in [2.45, 2.75) is 45.1 Å². The lowest BCUT2D eigenvalue weighted by Crippen LogP contribution is -2.47. The summed E-state index contributed by atoms with van der Waals surface area (Å²) >= 11 is 0. The minimum Gasteiger partial charge on any atom is -0.341 e. The van der Waals surface area contributed by atoms with Crippen LogP contribution in [0.2, 0.25) is 0 Å². The number of likely N-dealkylation sites (tertiary alicyclic amines) is 1. The highest BCUT2D eigenvalue weighted by Crippen LogP contribution is 2.26. The molecule has 2 aliphatic heterocycles. The van der Waals surface area contributed by atoms with Crippen LogP contribution in [0.3, 0.4) is 0 Å². The number of hydrogen-bond donors (Lipinski definition) is 1. The van der Waals surface area contributed by atoms with Crippen LogP contribution in [0.4, 0.5) is 0 Å². The van der Waals surface area contributed by atoms with Crippen LogP contribution in [-0.2, 0) is 14.8 Å². The molecule has 0 aliphatic carbocycles. The molecule has 2 unspecified atom stereocenters. The Labute approximate surface area is 139 Å². The maximum atomic E-state index is 12.6. The van der Waals surface area contributed by atoms with Crippen LogP contribution in [0.1, 0.15) is 39.0 Å². The van der Waals surface area contributed by atoms with E-state index in [0.717, 1.165) is 19.3 Å². The molecule has 2 atom stereocenters. The van der Waals surface area contributed by atoms with E-state index in [-0.39, 0.29) is 24.1 Å². The van der Waals surface area contributed by atoms with Crippen LogP contribution in [-0.4, -0.2) is 61.5 Å². The standard InChI is InChI=1S/C14H27N3O3S.ClH/c1-2-3-9-21(19,20)17-7-4-5-13(17)14(18)16-8-6-12(10-15)11-16;/h12-13H,2-11,15H2,1H3;1H. The predicted molar refractivity (Wildman–Crippen MR) is 89.4 cm³/mol. The van der Waals surface area contributed by atoms with Gasteiger partial charge in [0.1, 0.15) is 6.04 Å². The van der Waals surface area contributed by atoms with Crippen LogP contribution in [0.25, 0.3) is 0 Å². The molecule has 2 aliphatic rings. The third kappa shape index (κ3) is 4.34. The van der Waals surface area contributed by atoms with Gasteiger partial charge >= 0.3 is 0 Å². The molecule has 0 aromatic rings. The molecule has 6 nitrogen and oxygen atoms in total. The fraction of sp³-hybridized carbons (Fsp3) is 0.929. The van der Waals surface area contributed by atoms with Crippen molar-refractivity contribution in [2.24, 2.45) is 11.7 Å². The van der Waals surface area contributed by atoms with Gasteiger partial charge in [0.15, 0.2) is 0 Å². The highest BCUT2D eigenvalue weighted by atomic mass is 35.5. The van der Waals surface area contributed by atoms with Crippen LogP contribution >= 0.6 is 12.4 Å². The average molecular weight is 354 g/mol. The van der Waals surface area contributed by atoms with Gasteiger partial charge in [0.2, 0.25) is 15.9 Å². The first-order valence-corrected chi connectivity index (χ1v) is 9.59. The first-order valence-electron chi connectivity index (χ1n) is 7.98. The van der Waals surface area contributed by atoms with E-state index < -0.39 is 16.1 Å². The smallest absolute Gasteiger partial charge is 0.241 e. The number of rotatable bonds is 6. The molecule has 2 N–H and O–H groups in total.